The van der Waals surface area contributed by atoms with Crippen molar-refractivity contribution in [2.45, 2.75) is 25.8 Å². The van der Waals surface area contributed by atoms with E-state index in [-0.39, 0.29) is 18.4 Å². The molecule has 106 valence electrons. The Morgan fingerprint density at radius 1 is 1.40 bits per heavy atom. The molecule has 2 N–H and O–H groups in total. The number of carbonyl (C=O) groups excluding carboxylic acids is 3. The van der Waals surface area contributed by atoms with Gasteiger partial charge in [-0.1, -0.05) is 0 Å². The summed E-state index contributed by atoms with van der Waals surface area (Å²) in [6.07, 6.45) is 0.423. The average molecular weight is 277 g/mol. The minimum absolute atomic E-state index is 0.176. The SMILES string of the molecule is Cc1cc(C(=O)N2CCC3(C2)NC(=O)NC3=O)c(C)o1. The predicted octanol–water partition coefficient (Wildman–Crippen LogP) is 0.321. The molecular weight excluding hydrogens is 262 g/mol. The van der Waals surface area contributed by atoms with Crippen molar-refractivity contribution < 1.29 is 18.8 Å². The third-order valence-electron chi connectivity index (χ3n) is 3.84. The number of aryl methyl sites for hydroxylation is 2. The van der Waals surface area contributed by atoms with Crippen molar-refractivity contribution in [1.29, 1.82) is 0 Å². The van der Waals surface area contributed by atoms with Gasteiger partial charge in [0, 0.05) is 6.54 Å². The molecule has 0 bridgehead atoms. The maximum atomic E-state index is 12.4. The summed E-state index contributed by atoms with van der Waals surface area (Å²) in [5.41, 5.74) is -0.469. The Balaban J connectivity index is 1.81. The van der Waals surface area contributed by atoms with Crippen molar-refractivity contribution in [2.75, 3.05) is 13.1 Å². The second kappa shape index (κ2) is 4.09. The number of likely N-dealkylation sites (tertiary alicyclic amines) is 1. The molecule has 2 saturated heterocycles. The van der Waals surface area contributed by atoms with Crippen molar-refractivity contribution in [3.63, 3.8) is 0 Å². The first-order valence-corrected chi connectivity index (χ1v) is 6.41. The zero-order chi connectivity index (χ0) is 14.5. The van der Waals surface area contributed by atoms with E-state index >= 15 is 0 Å². The highest BCUT2D eigenvalue weighted by Gasteiger charge is 2.51. The molecule has 3 heterocycles. The van der Waals surface area contributed by atoms with E-state index in [1.807, 2.05) is 0 Å². The lowest BCUT2D eigenvalue weighted by Gasteiger charge is -2.20. The minimum Gasteiger partial charge on any atom is -0.466 e. The van der Waals surface area contributed by atoms with Gasteiger partial charge in [0.25, 0.3) is 11.8 Å². The molecule has 1 aromatic rings. The van der Waals surface area contributed by atoms with Crippen LogP contribution < -0.4 is 10.6 Å². The van der Waals surface area contributed by atoms with Crippen LogP contribution in [0.1, 0.15) is 28.3 Å². The van der Waals surface area contributed by atoms with E-state index in [0.29, 0.717) is 30.0 Å². The molecule has 3 rings (SSSR count). The van der Waals surface area contributed by atoms with Gasteiger partial charge in [-0.3, -0.25) is 14.9 Å². The molecule has 1 unspecified atom stereocenters. The topological polar surface area (TPSA) is 91.7 Å². The smallest absolute Gasteiger partial charge is 0.322 e. The van der Waals surface area contributed by atoms with E-state index in [1.165, 1.54) is 0 Å². The molecule has 1 atom stereocenters. The van der Waals surface area contributed by atoms with Crippen LogP contribution in [0, 0.1) is 13.8 Å². The van der Waals surface area contributed by atoms with E-state index < -0.39 is 11.6 Å². The monoisotopic (exact) mass is 277 g/mol. The minimum atomic E-state index is -0.973. The average Bonchev–Trinajstić information content (AvgIpc) is 3.00. The zero-order valence-electron chi connectivity index (χ0n) is 11.3. The van der Waals surface area contributed by atoms with Gasteiger partial charge in [-0.05, 0) is 26.3 Å². The summed E-state index contributed by atoms with van der Waals surface area (Å²) in [7, 11) is 0. The Kier molecular flexibility index (Phi) is 2.60. The quantitative estimate of drug-likeness (QED) is 0.723. The number of hydrogen-bond acceptors (Lipinski definition) is 4. The third kappa shape index (κ3) is 1.77. The molecule has 0 radical (unpaired) electrons. The maximum Gasteiger partial charge on any atom is 0.322 e. The Bertz CT molecular complexity index is 621. The first-order valence-electron chi connectivity index (χ1n) is 6.41. The molecule has 4 amide bonds. The van der Waals surface area contributed by atoms with Crippen molar-refractivity contribution in [2.24, 2.45) is 0 Å². The maximum absolute atomic E-state index is 12.4. The van der Waals surface area contributed by atoms with Crippen LogP contribution in [-0.4, -0.2) is 41.4 Å². The molecule has 7 heteroatoms. The number of hydrogen-bond donors (Lipinski definition) is 2. The molecule has 7 nitrogen and oxygen atoms in total. The van der Waals surface area contributed by atoms with E-state index in [2.05, 4.69) is 10.6 Å². The molecule has 2 aliphatic heterocycles. The van der Waals surface area contributed by atoms with Gasteiger partial charge >= 0.3 is 6.03 Å². The van der Waals surface area contributed by atoms with Crippen molar-refractivity contribution in [1.82, 2.24) is 15.5 Å². The molecule has 1 aromatic heterocycles. The highest BCUT2D eigenvalue weighted by molar-refractivity contribution is 6.08. The van der Waals surface area contributed by atoms with Crippen molar-refractivity contribution in [3.05, 3.63) is 23.2 Å². The summed E-state index contributed by atoms with van der Waals surface area (Å²) in [5.74, 6) is 0.697. The fourth-order valence-corrected chi connectivity index (χ4v) is 2.81. The van der Waals surface area contributed by atoms with Gasteiger partial charge in [0.1, 0.15) is 17.1 Å². The second-order valence-electron chi connectivity index (χ2n) is 5.29. The van der Waals surface area contributed by atoms with Crippen LogP contribution in [0.25, 0.3) is 0 Å². The number of imide groups is 1. The first kappa shape index (κ1) is 12.7. The number of nitrogens with zero attached hydrogens (tertiary/aromatic N) is 1. The molecule has 20 heavy (non-hydrogen) atoms. The van der Waals surface area contributed by atoms with Gasteiger partial charge in [0.2, 0.25) is 0 Å². The van der Waals surface area contributed by atoms with Gasteiger partial charge in [-0.15, -0.1) is 0 Å². The highest BCUT2D eigenvalue weighted by Crippen LogP contribution is 2.27. The summed E-state index contributed by atoms with van der Waals surface area (Å²) in [6.45, 7) is 4.12. The number of nitrogens with one attached hydrogen (secondary N) is 2. The predicted molar refractivity (Wildman–Crippen MR) is 68.1 cm³/mol. The van der Waals surface area contributed by atoms with E-state index in [9.17, 15) is 14.4 Å². The Morgan fingerprint density at radius 2 is 2.15 bits per heavy atom. The van der Waals surface area contributed by atoms with E-state index in [0.717, 1.165) is 0 Å². The standard InChI is InChI=1S/C13H15N3O4/c1-7-5-9(8(2)20-7)10(17)16-4-3-13(6-16)11(18)14-12(19)15-13/h5H,3-4,6H2,1-2H3,(H2,14,15,18,19). The van der Waals surface area contributed by atoms with Crippen molar-refractivity contribution >= 4 is 17.8 Å². The molecule has 0 saturated carbocycles. The van der Waals surface area contributed by atoms with Gasteiger partial charge in [-0.25, -0.2) is 4.79 Å². The van der Waals surface area contributed by atoms with Crippen LogP contribution in [-0.2, 0) is 4.79 Å². The summed E-state index contributed by atoms with van der Waals surface area (Å²) >= 11 is 0. The van der Waals surface area contributed by atoms with Crippen LogP contribution in [0.4, 0.5) is 4.79 Å². The third-order valence-corrected chi connectivity index (χ3v) is 3.84. The zero-order valence-corrected chi connectivity index (χ0v) is 11.3. The Labute approximate surface area is 115 Å². The number of furan rings is 1. The van der Waals surface area contributed by atoms with E-state index in [1.54, 1.807) is 24.8 Å². The molecule has 0 aromatic carbocycles. The summed E-state index contributed by atoms with van der Waals surface area (Å²) < 4.78 is 5.35. The van der Waals surface area contributed by atoms with Crippen LogP contribution >= 0.6 is 0 Å². The first-order chi connectivity index (χ1) is 9.41. The van der Waals surface area contributed by atoms with Crippen LogP contribution in [0.2, 0.25) is 0 Å². The fourth-order valence-electron chi connectivity index (χ4n) is 2.81. The number of urea groups is 1. The van der Waals surface area contributed by atoms with Crippen molar-refractivity contribution in [3.8, 4) is 0 Å². The van der Waals surface area contributed by atoms with Crippen LogP contribution in [0.5, 0.6) is 0 Å². The van der Waals surface area contributed by atoms with Gasteiger partial charge in [-0.2, -0.15) is 0 Å². The Morgan fingerprint density at radius 3 is 2.70 bits per heavy atom. The summed E-state index contributed by atoms with van der Waals surface area (Å²) in [6, 6.07) is 1.19. The lowest BCUT2D eigenvalue weighted by atomic mass is 9.99. The summed E-state index contributed by atoms with van der Waals surface area (Å²) in [4.78, 5) is 37.1. The molecule has 1 spiro atoms. The number of rotatable bonds is 1. The largest absolute Gasteiger partial charge is 0.466 e. The lowest BCUT2D eigenvalue weighted by molar-refractivity contribution is -0.123. The van der Waals surface area contributed by atoms with Crippen LogP contribution in [0.15, 0.2) is 10.5 Å². The normalized spacial score (nSPS) is 25.2. The van der Waals surface area contributed by atoms with Gasteiger partial charge in [0.15, 0.2) is 0 Å². The highest BCUT2D eigenvalue weighted by atomic mass is 16.3. The second-order valence-corrected chi connectivity index (χ2v) is 5.29. The summed E-state index contributed by atoms with van der Waals surface area (Å²) in [5, 5.41) is 4.84. The Hall–Kier alpha value is -2.31. The lowest BCUT2D eigenvalue weighted by Crippen LogP contribution is -2.49. The molecule has 2 fully saturated rings. The fraction of sp³-hybridized carbons (Fsp3) is 0.462. The van der Waals surface area contributed by atoms with Gasteiger partial charge < -0.3 is 14.6 Å². The molecule has 2 aliphatic rings. The van der Waals surface area contributed by atoms with Gasteiger partial charge in [0.05, 0.1) is 12.1 Å². The number of amides is 4. The van der Waals surface area contributed by atoms with Crippen LogP contribution in [0.3, 0.4) is 0 Å². The number of carbonyl (C=O) groups is 3. The molecule has 0 aliphatic carbocycles. The van der Waals surface area contributed by atoms with E-state index in [4.69, 9.17) is 4.42 Å². The molecular formula is C13H15N3O4.